The van der Waals surface area contributed by atoms with Crippen LogP contribution in [0.4, 0.5) is 4.79 Å². The maximum absolute atomic E-state index is 11.4. The Morgan fingerprint density at radius 2 is 2.29 bits per heavy atom. The second-order valence-electron chi connectivity index (χ2n) is 4.66. The Morgan fingerprint density at radius 1 is 1.65 bits per heavy atom. The van der Waals surface area contributed by atoms with Crippen molar-refractivity contribution in [3.63, 3.8) is 0 Å². The van der Waals surface area contributed by atoms with Gasteiger partial charge in [0, 0.05) is 6.54 Å². The molecule has 6 heteroatoms. The van der Waals surface area contributed by atoms with E-state index in [1.54, 1.807) is 33.1 Å². The van der Waals surface area contributed by atoms with E-state index in [9.17, 15) is 4.79 Å². The van der Waals surface area contributed by atoms with Crippen LogP contribution in [0.25, 0.3) is 0 Å². The molecule has 96 valence electrons. The minimum atomic E-state index is -0.512. The molecule has 1 aromatic heterocycles. The van der Waals surface area contributed by atoms with E-state index in [1.807, 2.05) is 0 Å². The Balaban J connectivity index is 2.38. The first-order chi connectivity index (χ1) is 7.78. The molecule has 0 saturated carbocycles. The van der Waals surface area contributed by atoms with Gasteiger partial charge >= 0.3 is 6.09 Å². The van der Waals surface area contributed by atoms with Crippen LogP contribution in [0.1, 0.15) is 32.6 Å². The van der Waals surface area contributed by atoms with Gasteiger partial charge in [-0.15, -0.1) is 0 Å². The lowest BCUT2D eigenvalue weighted by Gasteiger charge is -2.20. The van der Waals surface area contributed by atoms with Crippen LogP contribution in [0.15, 0.2) is 21.2 Å². The average molecular weight is 305 g/mol. The van der Waals surface area contributed by atoms with E-state index < -0.39 is 17.7 Å². The van der Waals surface area contributed by atoms with Gasteiger partial charge in [0.05, 0.1) is 10.5 Å². The number of carbonyl (C=O) groups is 1. The van der Waals surface area contributed by atoms with Gasteiger partial charge in [0.15, 0.2) is 0 Å². The Bertz CT molecular complexity index is 384. The van der Waals surface area contributed by atoms with Crippen molar-refractivity contribution in [1.29, 1.82) is 0 Å². The first kappa shape index (κ1) is 14.1. The lowest BCUT2D eigenvalue weighted by molar-refractivity contribution is 0.0523. The van der Waals surface area contributed by atoms with Gasteiger partial charge in [-0.2, -0.15) is 0 Å². The standard InChI is InChI=1S/C11H17BrN2O3/c1-11(2,3)17-10(15)14-5-8(13)9-4-7(12)6-16-9/h4,6,8H,5,13H2,1-3H3,(H,14,15). The number of nitrogens with one attached hydrogen (secondary N) is 1. The summed E-state index contributed by atoms with van der Waals surface area (Å²) in [6.45, 7) is 5.66. The van der Waals surface area contributed by atoms with Crippen LogP contribution in [-0.4, -0.2) is 18.2 Å². The monoisotopic (exact) mass is 304 g/mol. The van der Waals surface area contributed by atoms with E-state index in [-0.39, 0.29) is 6.54 Å². The minimum Gasteiger partial charge on any atom is -0.466 e. The zero-order valence-corrected chi connectivity index (χ0v) is 11.7. The van der Waals surface area contributed by atoms with Crippen molar-refractivity contribution in [1.82, 2.24) is 5.32 Å². The number of hydrogen-bond donors (Lipinski definition) is 2. The largest absolute Gasteiger partial charge is 0.466 e. The van der Waals surface area contributed by atoms with E-state index >= 15 is 0 Å². The molecule has 5 nitrogen and oxygen atoms in total. The second-order valence-corrected chi connectivity index (χ2v) is 5.57. The molecule has 0 bridgehead atoms. The molecule has 0 fully saturated rings. The van der Waals surface area contributed by atoms with Gasteiger partial charge in [-0.25, -0.2) is 4.79 Å². The summed E-state index contributed by atoms with van der Waals surface area (Å²) in [5.74, 6) is 0.605. The van der Waals surface area contributed by atoms with E-state index in [1.165, 1.54) is 0 Å². The lowest BCUT2D eigenvalue weighted by atomic mass is 10.2. The lowest BCUT2D eigenvalue weighted by Crippen LogP contribution is -2.36. The highest BCUT2D eigenvalue weighted by Gasteiger charge is 2.17. The molecule has 1 heterocycles. The minimum absolute atomic E-state index is 0.259. The van der Waals surface area contributed by atoms with Gasteiger partial charge in [-0.3, -0.25) is 0 Å². The molecule has 0 aromatic carbocycles. The van der Waals surface area contributed by atoms with Gasteiger partial charge in [-0.1, -0.05) is 0 Å². The van der Waals surface area contributed by atoms with Crippen LogP contribution in [0.3, 0.4) is 0 Å². The first-order valence-electron chi connectivity index (χ1n) is 5.24. The van der Waals surface area contributed by atoms with E-state index in [2.05, 4.69) is 21.2 Å². The summed E-state index contributed by atoms with van der Waals surface area (Å²) < 4.78 is 11.1. The van der Waals surface area contributed by atoms with Crippen molar-refractivity contribution >= 4 is 22.0 Å². The molecular weight excluding hydrogens is 288 g/mol. The number of carbonyl (C=O) groups excluding carboxylic acids is 1. The Labute approximate surface area is 109 Å². The highest BCUT2D eigenvalue weighted by atomic mass is 79.9. The molecule has 0 aliphatic heterocycles. The number of hydrogen-bond acceptors (Lipinski definition) is 4. The topological polar surface area (TPSA) is 77.5 Å². The van der Waals surface area contributed by atoms with Crippen molar-refractivity contribution in [2.45, 2.75) is 32.4 Å². The quantitative estimate of drug-likeness (QED) is 0.899. The Hall–Kier alpha value is -1.01. The van der Waals surface area contributed by atoms with E-state index in [0.717, 1.165) is 4.47 Å². The van der Waals surface area contributed by atoms with Crippen LogP contribution in [-0.2, 0) is 4.74 Å². The summed E-state index contributed by atoms with van der Waals surface area (Å²) in [6, 6.07) is 1.37. The zero-order valence-electron chi connectivity index (χ0n) is 10.1. The van der Waals surface area contributed by atoms with Crippen molar-refractivity contribution in [3.8, 4) is 0 Å². The predicted molar refractivity (Wildman–Crippen MR) is 67.6 cm³/mol. The molecular formula is C11H17BrN2O3. The summed E-state index contributed by atoms with van der Waals surface area (Å²) in [5.41, 5.74) is 5.32. The molecule has 0 spiro atoms. The van der Waals surface area contributed by atoms with Crippen LogP contribution in [0.5, 0.6) is 0 Å². The smallest absolute Gasteiger partial charge is 0.407 e. The number of rotatable bonds is 3. The van der Waals surface area contributed by atoms with Gasteiger partial charge in [0.25, 0.3) is 0 Å². The van der Waals surface area contributed by atoms with Crippen LogP contribution in [0, 0.1) is 0 Å². The SMILES string of the molecule is CC(C)(C)OC(=O)NCC(N)c1cc(Br)co1. The summed E-state index contributed by atoms with van der Waals surface area (Å²) in [6.07, 6.45) is 1.06. The number of halogens is 1. The van der Waals surface area contributed by atoms with Crippen LogP contribution < -0.4 is 11.1 Å². The summed E-state index contributed by atoms with van der Waals surface area (Å²) >= 11 is 3.26. The van der Waals surface area contributed by atoms with Crippen molar-refractivity contribution in [3.05, 3.63) is 22.6 Å². The molecule has 1 atom stereocenters. The van der Waals surface area contributed by atoms with E-state index in [4.69, 9.17) is 14.9 Å². The summed E-state index contributed by atoms with van der Waals surface area (Å²) in [5, 5.41) is 2.59. The highest BCUT2D eigenvalue weighted by Crippen LogP contribution is 2.18. The third-order valence-electron chi connectivity index (χ3n) is 1.82. The summed E-state index contributed by atoms with van der Waals surface area (Å²) in [4.78, 5) is 11.4. The average Bonchev–Trinajstić information content (AvgIpc) is 2.58. The molecule has 1 amide bonds. The highest BCUT2D eigenvalue weighted by molar-refractivity contribution is 9.10. The molecule has 3 N–H and O–H groups in total. The van der Waals surface area contributed by atoms with Gasteiger partial charge in [0.2, 0.25) is 0 Å². The fourth-order valence-electron chi connectivity index (χ4n) is 1.13. The molecule has 1 aromatic rings. The van der Waals surface area contributed by atoms with E-state index in [0.29, 0.717) is 5.76 Å². The molecule has 0 radical (unpaired) electrons. The molecule has 17 heavy (non-hydrogen) atoms. The number of nitrogens with two attached hydrogens (primary N) is 1. The number of furan rings is 1. The van der Waals surface area contributed by atoms with Crippen LogP contribution >= 0.6 is 15.9 Å². The molecule has 1 unspecified atom stereocenters. The first-order valence-corrected chi connectivity index (χ1v) is 6.03. The van der Waals surface area contributed by atoms with Crippen molar-refractivity contribution in [2.75, 3.05) is 6.54 Å². The maximum Gasteiger partial charge on any atom is 0.407 e. The number of ether oxygens (including phenoxy) is 1. The third-order valence-corrected chi connectivity index (χ3v) is 2.23. The third kappa shape index (κ3) is 5.23. The fourth-order valence-corrected chi connectivity index (χ4v) is 1.45. The fraction of sp³-hybridized carbons (Fsp3) is 0.545. The molecule has 0 saturated heterocycles. The Kier molecular flexibility index (Phi) is 4.59. The van der Waals surface area contributed by atoms with Crippen LogP contribution in [0.2, 0.25) is 0 Å². The van der Waals surface area contributed by atoms with Gasteiger partial charge < -0.3 is 20.2 Å². The van der Waals surface area contributed by atoms with Crippen molar-refractivity contribution in [2.24, 2.45) is 5.73 Å². The molecule has 0 aliphatic carbocycles. The second kappa shape index (κ2) is 5.55. The zero-order chi connectivity index (χ0) is 13.1. The molecule has 1 rings (SSSR count). The summed E-state index contributed by atoms with van der Waals surface area (Å²) in [7, 11) is 0. The normalized spacial score (nSPS) is 13.2. The number of amides is 1. The number of alkyl carbamates (subject to hydrolysis) is 1. The van der Waals surface area contributed by atoms with Gasteiger partial charge in [0.1, 0.15) is 17.6 Å². The predicted octanol–water partition coefficient (Wildman–Crippen LogP) is 2.57. The Morgan fingerprint density at radius 3 is 2.76 bits per heavy atom. The van der Waals surface area contributed by atoms with Gasteiger partial charge in [-0.05, 0) is 42.8 Å². The van der Waals surface area contributed by atoms with Crippen molar-refractivity contribution < 1.29 is 13.9 Å². The maximum atomic E-state index is 11.4. The molecule has 0 aliphatic rings.